The molecule has 1 fully saturated rings. The van der Waals surface area contributed by atoms with Crippen molar-refractivity contribution in [1.82, 2.24) is 0 Å². The SMILES string of the molecule is CN1c2cc(N3Cc4cc(N5CCOCC5)ccc4C3=O)ccc2NC1c1ccc(OCC(=O)OCc2ccccc2)cc1. The number of fused-ring (bicyclic) bond motifs is 2. The van der Waals surface area contributed by atoms with Crippen LogP contribution < -0.4 is 24.8 Å². The lowest BCUT2D eigenvalue weighted by molar-refractivity contribution is -0.147. The number of nitrogens with zero attached hydrogens (tertiary/aromatic N) is 3. The predicted octanol–water partition coefficient (Wildman–Crippen LogP) is 5.37. The third kappa shape index (κ3) is 5.54. The second kappa shape index (κ2) is 11.9. The molecule has 0 bridgehead atoms. The number of hydrogen-bond donors (Lipinski definition) is 1. The summed E-state index contributed by atoms with van der Waals surface area (Å²) in [7, 11) is 2.04. The highest BCUT2D eigenvalue weighted by molar-refractivity contribution is 6.10. The molecule has 4 aromatic carbocycles. The quantitative estimate of drug-likeness (QED) is 0.275. The maximum Gasteiger partial charge on any atom is 0.344 e. The van der Waals surface area contributed by atoms with Gasteiger partial charge in [0.25, 0.3) is 5.91 Å². The van der Waals surface area contributed by atoms with Crippen molar-refractivity contribution in [3.8, 4) is 5.75 Å². The van der Waals surface area contributed by atoms with E-state index in [4.69, 9.17) is 14.2 Å². The zero-order chi connectivity index (χ0) is 30.0. The summed E-state index contributed by atoms with van der Waals surface area (Å²) in [5, 5.41) is 3.58. The number of esters is 1. The van der Waals surface area contributed by atoms with Gasteiger partial charge in [-0.25, -0.2) is 4.79 Å². The van der Waals surface area contributed by atoms with Crippen molar-refractivity contribution < 1.29 is 23.8 Å². The van der Waals surface area contributed by atoms with E-state index in [1.165, 1.54) is 0 Å². The maximum atomic E-state index is 13.4. The number of nitrogens with one attached hydrogen (secondary N) is 1. The molecule has 1 N–H and O–H groups in total. The summed E-state index contributed by atoms with van der Waals surface area (Å²) in [5.74, 6) is 0.200. The minimum Gasteiger partial charge on any atom is -0.482 e. The molecule has 4 aromatic rings. The summed E-state index contributed by atoms with van der Waals surface area (Å²) >= 11 is 0. The van der Waals surface area contributed by atoms with Crippen LogP contribution in [0.4, 0.5) is 22.7 Å². The average Bonchev–Trinajstić information content (AvgIpc) is 3.59. The highest BCUT2D eigenvalue weighted by Crippen LogP contribution is 2.43. The van der Waals surface area contributed by atoms with Crippen molar-refractivity contribution in [1.29, 1.82) is 0 Å². The standard InChI is InChI=1S/C35H34N4O5/c1-37-32-20-28(39-21-26-19-27(9-13-30(26)35(39)41)38-15-17-42-18-16-38)10-14-31(32)36-34(37)25-7-11-29(12-8-25)43-23-33(40)44-22-24-5-3-2-4-6-24/h2-14,19-20,34,36H,15-18,21-23H2,1H3. The summed E-state index contributed by atoms with van der Waals surface area (Å²) in [6, 6.07) is 29.5. The van der Waals surface area contributed by atoms with Gasteiger partial charge in [0.2, 0.25) is 0 Å². The van der Waals surface area contributed by atoms with Gasteiger partial charge in [-0.3, -0.25) is 4.79 Å². The Kier molecular flexibility index (Phi) is 7.54. The first kappa shape index (κ1) is 27.8. The summed E-state index contributed by atoms with van der Waals surface area (Å²) in [6.07, 6.45) is -0.0901. The fraction of sp³-hybridized carbons (Fsp3) is 0.257. The first-order chi connectivity index (χ1) is 21.5. The Morgan fingerprint density at radius 1 is 0.932 bits per heavy atom. The molecule has 3 heterocycles. The van der Waals surface area contributed by atoms with Crippen molar-refractivity contribution in [2.24, 2.45) is 0 Å². The highest BCUT2D eigenvalue weighted by atomic mass is 16.6. The topological polar surface area (TPSA) is 83.6 Å². The number of anilines is 4. The van der Waals surface area contributed by atoms with Crippen LogP contribution in [0, 0.1) is 0 Å². The van der Waals surface area contributed by atoms with Crippen molar-refractivity contribution in [3.63, 3.8) is 0 Å². The molecule has 1 saturated heterocycles. The molecule has 1 unspecified atom stereocenters. The summed E-state index contributed by atoms with van der Waals surface area (Å²) in [6.45, 7) is 3.79. The molecule has 224 valence electrons. The zero-order valence-electron chi connectivity index (χ0n) is 24.6. The van der Waals surface area contributed by atoms with E-state index in [0.29, 0.717) is 12.3 Å². The Balaban J connectivity index is 0.980. The van der Waals surface area contributed by atoms with Crippen molar-refractivity contribution in [2.45, 2.75) is 19.3 Å². The molecule has 3 aliphatic rings. The maximum absolute atomic E-state index is 13.4. The van der Waals surface area contributed by atoms with Gasteiger partial charge in [-0.2, -0.15) is 0 Å². The molecule has 7 rings (SSSR count). The predicted molar refractivity (Wildman–Crippen MR) is 169 cm³/mol. The number of hydrogen-bond acceptors (Lipinski definition) is 8. The molecule has 0 saturated carbocycles. The van der Waals surface area contributed by atoms with Crippen LogP contribution in [-0.4, -0.2) is 51.8 Å². The molecule has 1 atom stereocenters. The molecule has 0 aliphatic carbocycles. The molecule has 9 nitrogen and oxygen atoms in total. The Morgan fingerprint density at radius 2 is 1.70 bits per heavy atom. The van der Waals surface area contributed by atoms with E-state index in [1.807, 2.05) is 90.8 Å². The van der Waals surface area contributed by atoms with E-state index < -0.39 is 5.97 Å². The second-order valence-corrected chi connectivity index (χ2v) is 11.2. The van der Waals surface area contributed by atoms with Crippen LogP contribution in [0.25, 0.3) is 0 Å². The van der Waals surface area contributed by atoms with E-state index in [9.17, 15) is 9.59 Å². The molecule has 1 amide bonds. The average molecular weight is 591 g/mol. The molecule has 44 heavy (non-hydrogen) atoms. The van der Waals surface area contributed by atoms with Gasteiger partial charge < -0.3 is 34.2 Å². The van der Waals surface area contributed by atoms with Gasteiger partial charge in [-0.1, -0.05) is 42.5 Å². The highest BCUT2D eigenvalue weighted by Gasteiger charge is 2.32. The molecular weight excluding hydrogens is 556 g/mol. The summed E-state index contributed by atoms with van der Waals surface area (Å²) < 4.78 is 16.4. The van der Waals surface area contributed by atoms with Gasteiger partial charge in [-0.15, -0.1) is 0 Å². The Labute approximate surface area is 256 Å². The number of morpholine rings is 1. The zero-order valence-corrected chi connectivity index (χ0v) is 24.6. The van der Waals surface area contributed by atoms with Gasteiger partial charge in [0.15, 0.2) is 6.61 Å². The Morgan fingerprint density at radius 3 is 2.50 bits per heavy atom. The number of carbonyl (C=O) groups is 2. The van der Waals surface area contributed by atoms with Crippen LogP contribution in [0.5, 0.6) is 5.75 Å². The lowest BCUT2D eigenvalue weighted by Crippen LogP contribution is -2.36. The largest absolute Gasteiger partial charge is 0.482 e. The molecular formula is C35H34N4O5. The molecule has 3 aliphatic heterocycles. The smallest absolute Gasteiger partial charge is 0.344 e. The van der Waals surface area contributed by atoms with Crippen LogP contribution in [0.1, 0.15) is 33.2 Å². The first-order valence-corrected chi connectivity index (χ1v) is 14.9. The number of benzene rings is 4. The molecule has 9 heteroatoms. The summed E-state index contributed by atoms with van der Waals surface area (Å²) in [4.78, 5) is 31.9. The minimum absolute atomic E-state index is 0.0261. The molecule has 0 aromatic heterocycles. The van der Waals surface area contributed by atoms with Gasteiger partial charge >= 0.3 is 5.97 Å². The lowest BCUT2D eigenvalue weighted by atomic mass is 10.1. The van der Waals surface area contributed by atoms with Crippen LogP contribution in [-0.2, 0) is 27.4 Å². The van der Waals surface area contributed by atoms with E-state index in [2.05, 4.69) is 27.2 Å². The van der Waals surface area contributed by atoms with Crippen LogP contribution in [0.15, 0.2) is 91.0 Å². The summed E-state index contributed by atoms with van der Waals surface area (Å²) in [5.41, 5.74) is 7.82. The van der Waals surface area contributed by atoms with E-state index in [0.717, 1.165) is 71.3 Å². The third-order valence-corrected chi connectivity index (χ3v) is 8.42. The first-order valence-electron chi connectivity index (χ1n) is 14.9. The number of ether oxygens (including phenoxy) is 3. The van der Waals surface area contributed by atoms with Crippen LogP contribution in [0.3, 0.4) is 0 Å². The lowest BCUT2D eigenvalue weighted by Gasteiger charge is -2.29. The van der Waals surface area contributed by atoms with Gasteiger partial charge in [0.05, 0.1) is 31.1 Å². The van der Waals surface area contributed by atoms with E-state index >= 15 is 0 Å². The number of amides is 1. The van der Waals surface area contributed by atoms with Crippen molar-refractivity contribution >= 4 is 34.6 Å². The van der Waals surface area contributed by atoms with E-state index in [1.54, 1.807) is 0 Å². The molecule has 0 spiro atoms. The Bertz CT molecular complexity index is 1670. The monoisotopic (exact) mass is 590 g/mol. The normalized spacial score (nSPS) is 17.2. The number of rotatable bonds is 8. The fourth-order valence-corrected chi connectivity index (χ4v) is 5.99. The van der Waals surface area contributed by atoms with Crippen LogP contribution >= 0.6 is 0 Å². The van der Waals surface area contributed by atoms with Crippen molar-refractivity contribution in [2.75, 3.05) is 60.0 Å². The van der Waals surface area contributed by atoms with Crippen molar-refractivity contribution in [3.05, 3.63) is 113 Å². The number of carbonyl (C=O) groups excluding carboxylic acids is 2. The van der Waals surface area contributed by atoms with E-state index in [-0.39, 0.29) is 25.3 Å². The van der Waals surface area contributed by atoms with Gasteiger partial charge in [0, 0.05) is 37.1 Å². The van der Waals surface area contributed by atoms with Gasteiger partial charge in [-0.05, 0) is 65.2 Å². The minimum atomic E-state index is -0.418. The molecule has 0 radical (unpaired) electrons. The Hall–Kier alpha value is -5.02. The van der Waals surface area contributed by atoms with Gasteiger partial charge in [0.1, 0.15) is 18.5 Å². The third-order valence-electron chi connectivity index (χ3n) is 8.42. The fourth-order valence-electron chi connectivity index (χ4n) is 5.99. The second-order valence-electron chi connectivity index (χ2n) is 11.2. The van der Waals surface area contributed by atoms with Crippen LogP contribution in [0.2, 0.25) is 0 Å².